The van der Waals surface area contributed by atoms with Crippen LogP contribution in [0.5, 0.6) is 0 Å². The van der Waals surface area contributed by atoms with E-state index in [1.165, 1.54) is 11.8 Å². The van der Waals surface area contributed by atoms with Crippen LogP contribution in [0.4, 0.5) is 0 Å². The first-order valence-corrected chi connectivity index (χ1v) is 8.15. The third-order valence-electron chi connectivity index (χ3n) is 3.02. The van der Waals surface area contributed by atoms with Crippen molar-refractivity contribution in [2.75, 3.05) is 0 Å². The summed E-state index contributed by atoms with van der Waals surface area (Å²) in [4.78, 5) is 13.2. The normalized spacial score (nSPS) is 11.7. The Balaban J connectivity index is 1.71. The highest BCUT2D eigenvalue weighted by Gasteiger charge is 2.12. The molecule has 0 unspecified atom stereocenters. The van der Waals surface area contributed by atoms with Gasteiger partial charge in [-0.05, 0) is 25.8 Å². The molecule has 22 heavy (non-hydrogen) atoms. The fourth-order valence-corrected chi connectivity index (χ4v) is 2.78. The predicted molar refractivity (Wildman–Crippen MR) is 82.7 cm³/mol. The van der Waals surface area contributed by atoms with E-state index in [0.29, 0.717) is 34.3 Å². The van der Waals surface area contributed by atoms with Crippen LogP contribution in [0.1, 0.15) is 37.0 Å². The summed E-state index contributed by atoms with van der Waals surface area (Å²) in [5, 5.41) is 9.09. The van der Waals surface area contributed by atoms with Gasteiger partial charge in [-0.2, -0.15) is 9.97 Å². The van der Waals surface area contributed by atoms with Gasteiger partial charge in [0.1, 0.15) is 0 Å². The summed E-state index contributed by atoms with van der Waals surface area (Å²) in [5.74, 6) is 3.05. The lowest BCUT2D eigenvalue weighted by molar-refractivity contribution is 0.360. The first-order valence-electron chi connectivity index (χ1n) is 7.16. The molecule has 0 N–H and O–H groups in total. The fourth-order valence-electron chi connectivity index (χ4n) is 2.12. The summed E-state index contributed by atoms with van der Waals surface area (Å²) in [7, 11) is 0. The smallest absolute Gasteiger partial charge is 0.253 e. The summed E-state index contributed by atoms with van der Waals surface area (Å²) in [5.41, 5.74) is 1.95. The molecule has 0 radical (unpaired) electrons. The number of hydrogen-bond donors (Lipinski definition) is 0. The number of fused-ring (bicyclic) bond motifs is 1. The average Bonchev–Trinajstić information content (AvgIpc) is 3.02. The van der Waals surface area contributed by atoms with Crippen molar-refractivity contribution in [1.82, 2.24) is 29.7 Å². The minimum Gasteiger partial charge on any atom is -0.339 e. The van der Waals surface area contributed by atoms with Gasteiger partial charge in [-0.1, -0.05) is 30.8 Å². The number of rotatable bonds is 5. The molecule has 0 fully saturated rings. The Kier molecular flexibility index (Phi) is 4.10. The lowest BCUT2D eigenvalue weighted by Gasteiger charge is -1.97. The molecule has 0 aromatic carbocycles. The Morgan fingerprint density at radius 1 is 1.23 bits per heavy atom. The molecule has 8 heteroatoms. The quantitative estimate of drug-likeness (QED) is 0.669. The highest BCUT2D eigenvalue weighted by molar-refractivity contribution is 7.98. The van der Waals surface area contributed by atoms with Gasteiger partial charge in [-0.25, -0.2) is 9.50 Å². The number of aromatic nitrogens is 6. The van der Waals surface area contributed by atoms with E-state index in [-0.39, 0.29) is 0 Å². The van der Waals surface area contributed by atoms with Crippen LogP contribution in [0.3, 0.4) is 0 Å². The zero-order valence-electron chi connectivity index (χ0n) is 13.1. The Morgan fingerprint density at radius 3 is 2.82 bits per heavy atom. The van der Waals surface area contributed by atoms with E-state index in [0.717, 1.165) is 17.8 Å². The maximum atomic E-state index is 5.22. The van der Waals surface area contributed by atoms with Crippen LogP contribution in [0.2, 0.25) is 0 Å². The minimum atomic E-state index is 0.498. The molecule has 0 saturated heterocycles. The van der Waals surface area contributed by atoms with E-state index >= 15 is 0 Å². The minimum absolute atomic E-state index is 0.498. The van der Waals surface area contributed by atoms with Gasteiger partial charge in [0.15, 0.2) is 5.82 Å². The van der Waals surface area contributed by atoms with Crippen LogP contribution in [-0.4, -0.2) is 29.7 Å². The third-order valence-corrected chi connectivity index (χ3v) is 3.86. The first-order chi connectivity index (χ1) is 10.5. The van der Waals surface area contributed by atoms with Crippen molar-refractivity contribution in [3.8, 4) is 0 Å². The zero-order valence-corrected chi connectivity index (χ0v) is 13.9. The highest BCUT2D eigenvalue weighted by atomic mass is 32.2. The van der Waals surface area contributed by atoms with Crippen molar-refractivity contribution < 1.29 is 4.52 Å². The van der Waals surface area contributed by atoms with Crippen LogP contribution < -0.4 is 0 Å². The summed E-state index contributed by atoms with van der Waals surface area (Å²) in [6.45, 7) is 8.18. The maximum absolute atomic E-state index is 5.22. The molecule has 3 heterocycles. The Bertz CT molecular complexity index is 794. The van der Waals surface area contributed by atoms with E-state index in [2.05, 4.69) is 39.1 Å². The number of aryl methyl sites for hydroxylation is 2. The molecule has 0 aliphatic rings. The molecule has 0 amide bonds. The van der Waals surface area contributed by atoms with Crippen LogP contribution in [0, 0.1) is 19.8 Å². The Morgan fingerprint density at radius 2 is 2.05 bits per heavy atom. The molecular formula is C14H18N6OS. The molecule has 0 aliphatic heterocycles. The average molecular weight is 318 g/mol. The second-order valence-electron chi connectivity index (χ2n) is 5.64. The van der Waals surface area contributed by atoms with Crippen molar-refractivity contribution in [1.29, 1.82) is 0 Å². The molecule has 0 spiro atoms. The zero-order chi connectivity index (χ0) is 15.7. The second-order valence-corrected chi connectivity index (χ2v) is 6.58. The summed E-state index contributed by atoms with van der Waals surface area (Å²) in [6, 6.07) is 1.98. The molecule has 0 aliphatic carbocycles. The van der Waals surface area contributed by atoms with Gasteiger partial charge in [-0.15, -0.1) is 5.10 Å². The second kappa shape index (κ2) is 6.04. The standard InChI is InChI=1S/C14H18N6OS/c1-8(2)5-12-16-11(19-21-12)7-22-14-17-13-15-9(3)6-10(4)20(13)18-14/h6,8H,5,7H2,1-4H3. The fraction of sp³-hybridized carbons (Fsp3) is 0.500. The van der Waals surface area contributed by atoms with Gasteiger partial charge in [0.25, 0.3) is 5.78 Å². The third kappa shape index (κ3) is 3.27. The lowest BCUT2D eigenvalue weighted by atomic mass is 10.1. The molecule has 0 saturated carbocycles. The van der Waals surface area contributed by atoms with Gasteiger partial charge in [0.2, 0.25) is 11.0 Å². The van der Waals surface area contributed by atoms with Gasteiger partial charge in [0.05, 0.1) is 5.75 Å². The molecule has 0 atom stereocenters. The van der Waals surface area contributed by atoms with Crippen molar-refractivity contribution >= 4 is 17.5 Å². The van der Waals surface area contributed by atoms with Crippen molar-refractivity contribution in [2.24, 2.45) is 5.92 Å². The monoisotopic (exact) mass is 318 g/mol. The Hall–Kier alpha value is -1.96. The molecule has 3 aromatic heterocycles. The lowest BCUT2D eigenvalue weighted by Crippen LogP contribution is -1.97. The van der Waals surface area contributed by atoms with Crippen molar-refractivity contribution in [3.63, 3.8) is 0 Å². The molecule has 3 aromatic rings. The summed E-state index contributed by atoms with van der Waals surface area (Å²) in [6.07, 6.45) is 0.798. The van der Waals surface area contributed by atoms with E-state index in [9.17, 15) is 0 Å². The SMILES string of the molecule is Cc1cc(C)n2nc(SCc3noc(CC(C)C)n3)nc2n1. The van der Waals surface area contributed by atoms with E-state index < -0.39 is 0 Å². The van der Waals surface area contributed by atoms with E-state index in [1.54, 1.807) is 4.52 Å². The van der Waals surface area contributed by atoms with Crippen molar-refractivity contribution in [3.05, 3.63) is 29.2 Å². The van der Waals surface area contributed by atoms with E-state index in [1.807, 2.05) is 19.9 Å². The van der Waals surface area contributed by atoms with Crippen molar-refractivity contribution in [2.45, 2.75) is 45.0 Å². The summed E-state index contributed by atoms with van der Waals surface area (Å²) < 4.78 is 6.97. The molecule has 116 valence electrons. The predicted octanol–water partition coefficient (Wildman–Crippen LogP) is 2.61. The molecular weight excluding hydrogens is 300 g/mol. The first kappa shape index (κ1) is 15.0. The van der Waals surface area contributed by atoms with E-state index in [4.69, 9.17) is 4.52 Å². The van der Waals surface area contributed by atoms with Gasteiger partial charge in [-0.3, -0.25) is 0 Å². The maximum Gasteiger partial charge on any atom is 0.253 e. The van der Waals surface area contributed by atoms with Crippen LogP contribution in [-0.2, 0) is 12.2 Å². The topological polar surface area (TPSA) is 82.0 Å². The summed E-state index contributed by atoms with van der Waals surface area (Å²) >= 11 is 1.48. The van der Waals surface area contributed by atoms with Crippen LogP contribution in [0.15, 0.2) is 15.7 Å². The number of hydrogen-bond acceptors (Lipinski definition) is 7. The largest absolute Gasteiger partial charge is 0.339 e. The number of thioether (sulfide) groups is 1. The van der Waals surface area contributed by atoms with Crippen LogP contribution >= 0.6 is 11.8 Å². The number of nitrogens with zero attached hydrogens (tertiary/aromatic N) is 6. The highest BCUT2D eigenvalue weighted by Crippen LogP contribution is 2.19. The molecule has 7 nitrogen and oxygen atoms in total. The van der Waals surface area contributed by atoms with Gasteiger partial charge in [0, 0.05) is 17.8 Å². The Labute approximate surface area is 132 Å². The molecule has 3 rings (SSSR count). The molecule has 0 bridgehead atoms. The van der Waals surface area contributed by atoms with Gasteiger partial charge < -0.3 is 4.52 Å². The van der Waals surface area contributed by atoms with Gasteiger partial charge >= 0.3 is 0 Å². The van der Waals surface area contributed by atoms with Crippen LogP contribution in [0.25, 0.3) is 5.78 Å².